The van der Waals surface area contributed by atoms with Gasteiger partial charge in [0.25, 0.3) is 0 Å². The molecule has 0 saturated heterocycles. The summed E-state index contributed by atoms with van der Waals surface area (Å²) in [5.41, 5.74) is 2.57. The molecule has 3 rings (SSSR count). The molecular formula is C19H21ClN6O. The van der Waals surface area contributed by atoms with Crippen LogP contribution in [-0.4, -0.2) is 20.2 Å². The van der Waals surface area contributed by atoms with Gasteiger partial charge in [-0.2, -0.15) is 4.68 Å². The van der Waals surface area contributed by atoms with E-state index in [-0.39, 0.29) is 0 Å². The van der Waals surface area contributed by atoms with Gasteiger partial charge in [0.15, 0.2) is 5.82 Å². The number of rotatable bonds is 6. The molecule has 8 heteroatoms. The molecule has 0 saturated carbocycles. The Bertz CT molecular complexity index is 952. The first-order valence-corrected chi connectivity index (χ1v) is 9.05. The van der Waals surface area contributed by atoms with Crippen molar-refractivity contribution < 1.29 is 0 Å². The van der Waals surface area contributed by atoms with Gasteiger partial charge < -0.3 is 0 Å². The van der Waals surface area contributed by atoms with Crippen molar-refractivity contribution >= 4 is 17.3 Å². The van der Waals surface area contributed by atoms with Crippen LogP contribution in [0.25, 0.3) is 5.69 Å². The Morgan fingerprint density at radius 1 is 1.15 bits per heavy atom. The molecular weight excluding hydrogens is 364 g/mol. The van der Waals surface area contributed by atoms with E-state index < -0.39 is 5.54 Å². The minimum atomic E-state index is -0.898. The number of tetrazole rings is 1. The van der Waals surface area contributed by atoms with Crippen molar-refractivity contribution in [3.05, 3.63) is 69.3 Å². The number of nitrogens with zero attached hydrogens (tertiary/aromatic N) is 6. The predicted octanol–water partition coefficient (Wildman–Crippen LogP) is 4.75. The fraction of sp³-hybridized carbons (Fsp3) is 0.316. The maximum Gasteiger partial charge on any atom is 0.184 e. The summed E-state index contributed by atoms with van der Waals surface area (Å²) in [6, 6.07) is 13.1. The summed E-state index contributed by atoms with van der Waals surface area (Å²) in [4.78, 5) is 11.9. The van der Waals surface area contributed by atoms with Crippen LogP contribution in [0.1, 0.15) is 37.2 Å². The summed E-state index contributed by atoms with van der Waals surface area (Å²) in [7, 11) is 0. The van der Waals surface area contributed by atoms with Crippen molar-refractivity contribution in [2.75, 3.05) is 5.01 Å². The van der Waals surface area contributed by atoms with E-state index in [0.717, 1.165) is 16.8 Å². The fourth-order valence-electron chi connectivity index (χ4n) is 3.24. The number of para-hydroxylation sites is 2. The Morgan fingerprint density at radius 2 is 1.81 bits per heavy atom. The summed E-state index contributed by atoms with van der Waals surface area (Å²) < 4.78 is 1.68. The summed E-state index contributed by atoms with van der Waals surface area (Å²) in [5.74, 6) is 0.516. The number of aromatic nitrogens is 4. The van der Waals surface area contributed by atoms with E-state index in [2.05, 4.69) is 20.8 Å². The summed E-state index contributed by atoms with van der Waals surface area (Å²) in [6.45, 7) is 7.84. The lowest BCUT2D eigenvalue weighted by molar-refractivity contribution is 0.392. The number of aryl methyl sites for hydroxylation is 2. The number of hydrogen-bond donors (Lipinski definition) is 0. The monoisotopic (exact) mass is 384 g/mol. The largest absolute Gasteiger partial charge is 0.214 e. The zero-order chi connectivity index (χ0) is 19.6. The number of halogens is 1. The van der Waals surface area contributed by atoms with Crippen LogP contribution in [0.3, 0.4) is 0 Å². The van der Waals surface area contributed by atoms with Gasteiger partial charge in [0.2, 0.25) is 0 Å². The molecule has 27 heavy (non-hydrogen) atoms. The van der Waals surface area contributed by atoms with Crippen LogP contribution in [0.5, 0.6) is 0 Å². The van der Waals surface area contributed by atoms with Gasteiger partial charge in [-0.3, -0.25) is 0 Å². The van der Waals surface area contributed by atoms with Gasteiger partial charge in [-0.05, 0) is 60.9 Å². The lowest BCUT2D eigenvalue weighted by Gasteiger charge is -2.35. The maximum atomic E-state index is 11.9. The lowest BCUT2D eigenvalue weighted by atomic mass is 9.95. The minimum Gasteiger partial charge on any atom is -0.214 e. The van der Waals surface area contributed by atoms with E-state index in [9.17, 15) is 4.91 Å². The molecule has 7 nitrogen and oxygen atoms in total. The van der Waals surface area contributed by atoms with E-state index in [1.165, 1.54) is 5.01 Å². The molecule has 1 atom stereocenters. The third-order valence-corrected chi connectivity index (χ3v) is 5.24. The highest BCUT2D eigenvalue weighted by Gasteiger charge is 2.40. The highest BCUT2D eigenvalue weighted by Crippen LogP contribution is 2.39. The summed E-state index contributed by atoms with van der Waals surface area (Å²) in [6.07, 6.45) is 0.537. The molecule has 2 aromatic carbocycles. The van der Waals surface area contributed by atoms with Crippen molar-refractivity contribution in [3.8, 4) is 5.69 Å². The summed E-state index contributed by atoms with van der Waals surface area (Å²) in [5, 5.41) is 17.4. The van der Waals surface area contributed by atoms with Gasteiger partial charge in [0.1, 0.15) is 5.54 Å². The Balaban J connectivity index is 2.21. The van der Waals surface area contributed by atoms with Gasteiger partial charge in [-0.25, -0.2) is 5.01 Å². The van der Waals surface area contributed by atoms with Gasteiger partial charge in [-0.15, -0.1) is 10.0 Å². The van der Waals surface area contributed by atoms with Crippen LogP contribution in [0.4, 0.5) is 5.69 Å². The van der Waals surface area contributed by atoms with Crippen molar-refractivity contribution in [2.24, 2.45) is 5.29 Å². The average Bonchev–Trinajstić information content (AvgIpc) is 3.13. The molecule has 0 unspecified atom stereocenters. The van der Waals surface area contributed by atoms with Crippen LogP contribution < -0.4 is 5.01 Å². The number of benzene rings is 2. The third kappa shape index (κ3) is 3.19. The standard InChI is InChI=1S/C19H21ClN6O/c1-5-19(4,26(24-27)16-12-7-6-11-15(16)20)18-21-22-23-25(18)17-13(2)9-8-10-14(17)3/h6-12H,5H2,1-4H3/t19-/m0/s1. The Morgan fingerprint density at radius 3 is 2.41 bits per heavy atom. The molecule has 140 valence electrons. The van der Waals surface area contributed by atoms with E-state index in [1.807, 2.05) is 52.0 Å². The average molecular weight is 385 g/mol. The molecule has 0 aliphatic heterocycles. The molecule has 0 aliphatic rings. The number of hydrogen-bond acceptors (Lipinski definition) is 5. The molecule has 0 N–H and O–H groups in total. The van der Waals surface area contributed by atoms with Crippen LogP contribution in [0.15, 0.2) is 47.8 Å². The highest BCUT2D eigenvalue weighted by molar-refractivity contribution is 6.33. The quantitative estimate of drug-likeness (QED) is 0.453. The molecule has 1 aromatic heterocycles. The predicted molar refractivity (Wildman–Crippen MR) is 106 cm³/mol. The van der Waals surface area contributed by atoms with Crippen molar-refractivity contribution in [3.63, 3.8) is 0 Å². The molecule has 1 heterocycles. The molecule has 3 aromatic rings. The summed E-state index contributed by atoms with van der Waals surface area (Å²) >= 11 is 6.33. The second kappa shape index (κ2) is 7.44. The molecule has 0 radical (unpaired) electrons. The van der Waals surface area contributed by atoms with Gasteiger partial charge >= 0.3 is 0 Å². The van der Waals surface area contributed by atoms with Crippen LogP contribution in [-0.2, 0) is 5.54 Å². The Kier molecular flexibility index (Phi) is 5.23. The fourth-order valence-corrected chi connectivity index (χ4v) is 3.46. The van der Waals surface area contributed by atoms with Gasteiger partial charge in [-0.1, -0.05) is 48.9 Å². The zero-order valence-corrected chi connectivity index (χ0v) is 16.5. The van der Waals surface area contributed by atoms with E-state index >= 15 is 0 Å². The van der Waals surface area contributed by atoms with Crippen molar-refractivity contribution in [1.82, 2.24) is 20.2 Å². The number of nitroso groups, excluding NO2 is 1. The van der Waals surface area contributed by atoms with Gasteiger partial charge in [0, 0.05) is 0 Å². The first kappa shape index (κ1) is 19.0. The van der Waals surface area contributed by atoms with Crippen LogP contribution >= 0.6 is 11.6 Å². The van der Waals surface area contributed by atoms with Crippen LogP contribution in [0.2, 0.25) is 5.02 Å². The SMILES string of the molecule is CC[C@@](C)(c1nnnn1-c1c(C)cccc1C)N(N=O)c1ccccc1Cl. The van der Waals surface area contributed by atoms with Gasteiger partial charge in [0.05, 0.1) is 21.7 Å². The van der Waals surface area contributed by atoms with Crippen molar-refractivity contribution in [2.45, 2.75) is 39.7 Å². The topological polar surface area (TPSA) is 76.3 Å². The number of anilines is 1. The first-order chi connectivity index (χ1) is 12.9. The van der Waals surface area contributed by atoms with E-state index in [4.69, 9.17) is 11.6 Å². The molecule has 0 aliphatic carbocycles. The second-order valence-corrected chi connectivity index (χ2v) is 7.03. The smallest absolute Gasteiger partial charge is 0.184 e. The second-order valence-electron chi connectivity index (χ2n) is 6.63. The van der Waals surface area contributed by atoms with E-state index in [1.54, 1.807) is 22.9 Å². The Labute approximate surface area is 162 Å². The first-order valence-electron chi connectivity index (χ1n) is 8.67. The maximum absolute atomic E-state index is 11.9. The molecule has 0 amide bonds. The lowest BCUT2D eigenvalue weighted by Crippen LogP contribution is -2.42. The third-order valence-electron chi connectivity index (χ3n) is 4.92. The molecule has 0 bridgehead atoms. The van der Waals surface area contributed by atoms with Crippen LogP contribution in [0, 0.1) is 18.8 Å². The minimum absolute atomic E-state index is 0.433. The highest BCUT2D eigenvalue weighted by atomic mass is 35.5. The molecule has 0 spiro atoms. The zero-order valence-electron chi connectivity index (χ0n) is 15.7. The molecule has 0 fully saturated rings. The van der Waals surface area contributed by atoms with E-state index in [0.29, 0.717) is 23.0 Å². The normalized spacial score (nSPS) is 13.2. The van der Waals surface area contributed by atoms with Crippen molar-refractivity contribution in [1.29, 1.82) is 0 Å². The Hall–Kier alpha value is -2.80.